The van der Waals surface area contributed by atoms with E-state index in [1.54, 1.807) is 18.2 Å². The summed E-state index contributed by atoms with van der Waals surface area (Å²) in [7, 11) is 0. The minimum Gasteiger partial charge on any atom is -0.484 e. The van der Waals surface area contributed by atoms with Gasteiger partial charge in [-0.2, -0.15) is 0 Å². The summed E-state index contributed by atoms with van der Waals surface area (Å²) in [6.45, 7) is 9.27. The first-order valence-electron chi connectivity index (χ1n) is 5.78. The van der Waals surface area contributed by atoms with Gasteiger partial charge < -0.3 is 10.1 Å². The average Bonchev–Trinajstić information content (AvgIpc) is 2.27. The summed E-state index contributed by atoms with van der Waals surface area (Å²) >= 11 is 0. The number of nitro benzene ring substituents is 1. The molecule has 0 spiro atoms. The largest absolute Gasteiger partial charge is 0.484 e. The van der Waals surface area contributed by atoms with Gasteiger partial charge in [0.1, 0.15) is 0 Å². The van der Waals surface area contributed by atoms with Gasteiger partial charge in [-0.1, -0.05) is 6.08 Å². The quantitative estimate of drug-likeness (QED) is 0.477. The molecule has 1 aromatic rings. The SMILES string of the molecule is C=CC(C)Nc1ccc([N+](=O)[O-])c(OC(C)C)c1. The standard InChI is InChI=1S/C13H18N2O3/c1-5-10(4)14-11-6-7-12(15(16)17)13(8-11)18-9(2)3/h5-10,14H,1H2,2-4H3. The van der Waals surface area contributed by atoms with Crippen molar-refractivity contribution >= 4 is 11.4 Å². The van der Waals surface area contributed by atoms with Gasteiger partial charge in [-0.15, -0.1) is 6.58 Å². The molecular formula is C13H18N2O3. The second-order valence-electron chi connectivity index (χ2n) is 4.27. The van der Waals surface area contributed by atoms with Crippen molar-refractivity contribution in [1.82, 2.24) is 0 Å². The molecular weight excluding hydrogens is 232 g/mol. The number of ether oxygens (including phenoxy) is 1. The zero-order valence-electron chi connectivity index (χ0n) is 10.8. The number of rotatable bonds is 6. The van der Waals surface area contributed by atoms with Crippen LogP contribution in [-0.2, 0) is 0 Å². The Bertz CT molecular complexity index is 444. The first-order valence-corrected chi connectivity index (χ1v) is 5.78. The van der Waals surface area contributed by atoms with Gasteiger partial charge in [0.25, 0.3) is 0 Å². The van der Waals surface area contributed by atoms with Crippen molar-refractivity contribution in [3.63, 3.8) is 0 Å². The third kappa shape index (κ3) is 3.76. The van der Waals surface area contributed by atoms with Crippen LogP contribution in [0.5, 0.6) is 5.75 Å². The van der Waals surface area contributed by atoms with Crippen LogP contribution in [0.15, 0.2) is 30.9 Å². The number of hydrogen-bond donors (Lipinski definition) is 1. The van der Waals surface area contributed by atoms with Gasteiger partial charge >= 0.3 is 5.69 Å². The van der Waals surface area contributed by atoms with Crippen LogP contribution in [0.25, 0.3) is 0 Å². The summed E-state index contributed by atoms with van der Waals surface area (Å²) in [4.78, 5) is 10.4. The number of hydrogen-bond acceptors (Lipinski definition) is 4. The van der Waals surface area contributed by atoms with Crippen molar-refractivity contribution in [2.45, 2.75) is 32.9 Å². The Labute approximate surface area is 107 Å². The Balaban J connectivity index is 3.04. The van der Waals surface area contributed by atoms with Gasteiger partial charge in [0.15, 0.2) is 5.75 Å². The van der Waals surface area contributed by atoms with E-state index in [1.165, 1.54) is 6.07 Å². The molecule has 1 atom stereocenters. The molecule has 1 aromatic carbocycles. The van der Waals surface area contributed by atoms with E-state index in [0.717, 1.165) is 5.69 Å². The molecule has 0 amide bonds. The van der Waals surface area contributed by atoms with E-state index in [2.05, 4.69) is 11.9 Å². The van der Waals surface area contributed by atoms with Gasteiger partial charge in [-0.25, -0.2) is 0 Å². The number of nitro groups is 1. The maximum atomic E-state index is 10.9. The van der Waals surface area contributed by atoms with Crippen LogP contribution in [0.2, 0.25) is 0 Å². The lowest BCUT2D eigenvalue weighted by Gasteiger charge is -2.14. The van der Waals surface area contributed by atoms with E-state index in [4.69, 9.17) is 4.74 Å². The summed E-state index contributed by atoms with van der Waals surface area (Å²) in [5, 5.41) is 14.0. The molecule has 0 heterocycles. The van der Waals surface area contributed by atoms with Crippen LogP contribution in [-0.4, -0.2) is 17.1 Å². The summed E-state index contributed by atoms with van der Waals surface area (Å²) in [5.74, 6) is 0.274. The molecule has 0 saturated carbocycles. The first-order chi connectivity index (χ1) is 8.43. The molecule has 1 N–H and O–H groups in total. The molecule has 0 radical (unpaired) electrons. The number of nitrogens with one attached hydrogen (secondary N) is 1. The van der Waals surface area contributed by atoms with Crippen LogP contribution < -0.4 is 10.1 Å². The highest BCUT2D eigenvalue weighted by atomic mass is 16.6. The molecule has 0 aromatic heterocycles. The number of anilines is 1. The van der Waals surface area contributed by atoms with Crippen LogP contribution >= 0.6 is 0 Å². The highest BCUT2D eigenvalue weighted by molar-refractivity contribution is 5.58. The Morgan fingerprint density at radius 3 is 2.61 bits per heavy atom. The van der Waals surface area contributed by atoms with Gasteiger partial charge in [0.2, 0.25) is 0 Å². The Kier molecular flexibility index (Phi) is 4.71. The van der Waals surface area contributed by atoms with Crippen molar-refractivity contribution < 1.29 is 9.66 Å². The predicted octanol–water partition coefficient (Wildman–Crippen LogP) is 3.37. The van der Waals surface area contributed by atoms with E-state index < -0.39 is 4.92 Å². The third-order valence-corrected chi connectivity index (χ3v) is 2.27. The minimum atomic E-state index is -0.446. The van der Waals surface area contributed by atoms with E-state index in [0.29, 0.717) is 0 Å². The highest BCUT2D eigenvalue weighted by Gasteiger charge is 2.16. The molecule has 98 valence electrons. The van der Waals surface area contributed by atoms with Crippen molar-refractivity contribution in [1.29, 1.82) is 0 Å². The first kappa shape index (κ1) is 14.0. The lowest BCUT2D eigenvalue weighted by molar-refractivity contribution is -0.386. The molecule has 0 saturated heterocycles. The molecule has 0 fully saturated rings. The summed E-state index contributed by atoms with van der Waals surface area (Å²) in [5.41, 5.74) is 0.740. The lowest BCUT2D eigenvalue weighted by atomic mass is 10.2. The van der Waals surface area contributed by atoms with Crippen molar-refractivity contribution in [3.05, 3.63) is 41.0 Å². The second kappa shape index (κ2) is 6.05. The predicted molar refractivity (Wildman–Crippen MR) is 72.1 cm³/mol. The fourth-order valence-electron chi connectivity index (χ4n) is 1.42. The fraction of sp³-hybridized carbons (Fsp3) is 0.385. The smallest absolute Gasteiger partial charge is 0.311 e. The lowest BCUT2D eigenvalue weighted by Crippen LogP contribution is -2.12. The maximum absolute atomic E-state index is 10.9. The van der Waals surface area contributed by atoms with Gasteiger partial charge in [-0.05, 0) is 26.8 Å². The minimum absolute atomic E-state index is 0.0273. The monoisotopic (exact) mass is 250 g/mol. The van der Waals surface area contributed by atoms with Crippen molar-refractivity contribution in [3.8, 4) is 5.75 Å². The highest BCUT2D eigenvalue weighted by Crippen LogP contribution is 2.31. The van der Waals surface area contributed by atoms with E-state index in [1.807, 2.05) is 20.8 Å². The normalized spacial score (nSPS) is 12.0. The zero-order valence-corrected chi connectivity index (χ0v) is 10.8. The van der Waals surface area contributed by atoms with Gasteiger partial charge in [0.05, 0.1) is 11.0 Å². The molecule has 5 heteroatoms. The van der Waals surface area contributed by atoms with Crippen LogP contribution in [0.4, 0.5) is 11.4 Å². The van der Waals surface area contributed by atoms with Crippen LogP contribution in [0.1, 0.15) is 20.8 Å². The molecule has 0 aliphatic rings. The number of nitrogens with zero attached hydrogens (tertiary/aromatic N) is 1. The molecule has 1 unspecified atom stereocenters. The topological polar surface area (TPSA) is 64.4 Å². The Morgan fingerprint density at radius 1 is 1.44 bits per heavy atom. The zero-order chi connectivity index (χ0) is 13.7. The Morgan fingerprint density at radius 2 is 2.11 bits per heavy atom. The van der Waals surface area contributed by atoms with Crippen LogP contribution in [0, 0.1) is 10.1 Å². The Hall–Kier alpha value is -2.04. The molecule has 18 heavy (non-hydrogen) atoms. The second-order valence-corrected chi connectivity index (χ2v) is 4.27. The molecule has 1 rings (SSSR count). The molecule has 5 nitrogen and oxygen atoms in total. The van der Waals surface area contributed by atoms with Crippen molar-refractivity contribution in [2.24, 2.45) is 0 Å². The maximum Gasteiger partial charge on any atom is 0.311 e. The number of benzene rings is 1. The average molecular weight is 250 g/mol. The third-order valence-electron chi connectivity index (χ3n) is 2.27. The summed E-state index contributed by atoms with van der Waals surface area (Å²) in [6, 6.07) is 4.82. The molecule has 0 bridgehead atoms. The summed E-state index contributed by atoms with van der Waals surface area (Å²) < 4.78 is 5.46. The molecule has 0 aliphatic carbocycles. The van der Waals surface area contributed by atoms with E-state index in [9.17, 15) is 10.1 Å². The van der Waals surface area contributed by atoms with E-state index >= 15 is 0 Å². The van der Waals surface area contributed by atoms with Crippen molar-refractivity contribution in [2.75, 3.05) is 5.32 Å². The fourth-order valence-corrected chi connectivity index (χ4v) is 1.42. The summed E-state index contributed by atoms with van der Waals surface area (Å²) in [6.07, 6.45) is 1.64. The van der Waals surface area contributed by atoms with Gasteiger partial charge in [0, 0.05) is 23.9 Å². The van der Waals surface area contributed by atoms with E-state index in [-0.39, 0.29) is 23.6 Å². The molecule has 0 aliphatic heterocycles. The van der Waals surface area contributed by atoms with Crippen LogP contribution in [0.3, 0.4) is 0 Å². The van der Waals surface area contributed by atoms with Gasteiger partial charge in [-0.3, -0.25) is 10.1 Å².